The molecule has 0 spiro atoms. The molecule has 11 nitrogen and oxygen atoms in total. The summed E-state index contributed by atoms with van der Waals surface area (Å²) in [6.07, 6.45) is -0.237. The monoisotopic (exact) mass is 921 g/mol. The number of hydrogen-bond acceptors (Lipinski definition) is 9. The summed E-state index contributed by atoms with van der Waals surface area (Å²) in [5.41, 5.74) is 8.60. The second-order valence-corrected chi connectivity index (χ2v) is 20.3. The molecule has 0 unspecified atom stereocenters. The Kier molecular flexibility index (Phi) is 10.8. The second kappa shape index (κ2) is 16.0. The fourth-order valence-corrected chi connectivity index (χ4v) is 8.23. The van der Waals surface area contributed by atoms with Crippen LogP contribution >= 0.6 is 0 Å². The van der Waals surface area contributed by atoms with Crippen LogP contribution in [0.1, 0.15) is 103 Å². The van der Waals surface area contributed by atoms with Gasteiger partial charge in [0.1, 0.15) is 11.5 Å². The van der Waals surface area contributed by atoms with Gasteiger partial charge in [-0.05, 0) is 111 Å². The van der Waals surface area contributed by atoms with E-state index in [1.54, 1.807) is 24.3 Å². The van der Waals surface area contributed by atoms with Crippen molar-refractivity contribution in [1.29, 1.82) is 0 Å². The SMILES string of the molecule is CC(C)OC(=O)c1ccc(Oc2cccc3c4nc5nc(nc6[n-]c(nc7nc(nc([n-]4)c23)-c2ccc(C(C)(C)C)cc2-7)c2ccc(C(C)(C)C)cc62)-c2ccc(C(C)(C)C)cc2-5)cc1.[Cu+2]. The zero-order valence-corrected chi connectivity index (χ0v) is 39.9. The van der Waals surface area contributed by atoms with E-state index < -0.39 is 5.97 Å². The molecule has 2 aliphatic rings. The van der Waals surface area contributed by atoms with Gasteiger partial charge in [0, 0.05) is 50.2 Å². The molecule has 1 radical (unpaired) electrons. The number of fused-ring (bicyclic) bond motifs is 20. The first kappa shape index (κ1) is 44.5. The Morgan fingerprint density at radius 2 is 0.970 bits per heavy atom. The summed E-state index contributed by atoms with van der Waals surface area (Å²) in [4.78, 5) is 54.3. The molecule has 0 saturated heterocycles. The van der Waals surface area contributed by atoms with Gasteiger partial charge in [-0.15, -0.1) is 0 Å². The standard InChI is InChI=1S/C54H50N8O3.Cu/c1-28(2)64-51(63)29-15-20-33(21-16-29)65-41-14-12-13-37-42(41)50-61-45-36-24-19-32(54(9,10)11)27-40(36)48(59-45)57-43-34-22-17-30(52(3,4)5)25-38(34)47(55-43)56-44-35-23-18-31(53(6,7)8)26-39(35)49(58-44)60-46(37)62-50;/h12-28H,1-11H3;/q-2;+2. The van der Waals surface area contributed by atoms with E-state index >= 15 is 0 Å². The van der Waals surface area contributed by atoms with Crippen LogP contribution in [0.3, 0.4) is 0 Å². The summed E-state index contributed by atoms with van der Waals surface area (Å²) in [5, 5.41) is 3.09. The third-order valence-corrected chi connectivity index (χ3v) is 11.9. The molecule has 0 atom stereocenters. The van der Waals surface area contributed by atoms with Gasteiger partial charge in [-0.2, -0.15) is 0 Å². The first-order chi connectivity index (χ1) is 30.8. The number of rotatable bonds is 4. The molecule has 12 heteroatoms. The van der Waals surface area contributed by atoms with Crippen molar-refractivity contribution in [3.63, 3.8) is 0 Å². The third-order valence-electron chi connectivity index (χ3n) is 11.9. The summed E-state index contributed by atoms with van der Waals surface area (Å²) in [5.74, 6) is 2.53. The molecular weight excluding hydrogens is 872 g/mol. The number of nitrogens with zero attached hydrogens (tertiary/aromatic N) is 8. The Labute approximate surface area is 394 Å². The second-order valence-electron chi connectivity index (χ2n) is 20.3. The van der Waals surface area contributed by atoms with Crippen LogP contribution in [0.4, 0.5) is 0 Å². The molecule has 8 aromatic rings. The van der Waals surface area contributed by atoms with Crippen molar-refractivity contribution in [2.75, 3.05) is 0 Å². The predicted molar refractivity (Wildman–Crippen MR) is 257 cm³/mol. The Morgan fingerprint density at radius 1 is 0.500 bits per heavy atom. The van der Waals surface area contributed by atoms with Gasteiger partial charge >= 0.3 is 23.0 Å². The average molecular weight is 923 g/mol. The molecule has 335 valence electrons. The minimum atomic E-state index is -0.400. The number of benzene rings is 5. The van der Waals surface area contributed by atoms with Gasteiger partial charge in [0.05, 0.1) is 35.0 Å². The minimum Gasteiger partial charge on any atom is -0.459 e. The van der Waals surface area contributed by atoms with Gasteiger partial charge in [0.2, 0.25) is 0 Å². The van der Waals surface area contributed by atoms with Gasteiger partial charge in [-0.1, -0.05) is 111 Å². The third kappa shape index (κ3) is 8.02. The van der Waals surface area contributed by atoms with Gasteiger partial charge in [0.15, 0.2) is 0 Å². The molecule has 0 fully saturated rings. The minimum absolute atomic E-state index is 0. The number of aromatic nitrogens is 8. The largest absolute Gasteiger partial charge is 2.00 e. The zero-order chi connectivity index (χ0) is 45.7. The number of carbonyl (C=O) groups excluding carboxylic acids is 1. The summed E-state index contributed by atoms with van der Waals surface area (Å²) in [6.45, 7) is 23.4. The maximum absolute atomic E-state index is 12.7. The summed E-state index contributed by atoms with van der Waals surface area (Å²) < 4.78 is 12.0. The molecule has 10 rings (SSSR count). The molecule has 5 heterocycles. The van der Waals surface area contributed by atoms with Crippen molar-refractivity contribution in [2.24, 2.45) is 0 Å². The van der Waals surface area contributed by atoms with Crippen molar-refractivity contribution in [1.82, 2.24) is 39.9 Å². The molecule has 5 aromatic carbocycles. The normalized spacial score (nSPS) is 12.5. The fraction of sp³-hybridized carbons (Fsp3) is 0.278. The smallest absolute Gasteiger partial charge is 0.459 e. The number of carbonyl (C=O) groups is 1. The molecule has 0 amide bonds. The van der Waals surface area contributed by atoms with Gasteiger partial charge in [0.25, 0.3) is 0 Å². The van der Waals surface area contributed by atoms with E-state index in [1.807, 2.05) is 32.0 Å². The average Bonchev–Trinajstić information content (AvgIpc) is 3.98. The number of ether oxygens (including phenoxy) is 2. The molecule has 3 aromatic heterocycles. The fourth-order valence-electron chi connectivity index (χ4n) is 8.23. The van der Waals surface area contributed by atoms with Gasteiger partial charge in [-0.25, -0.2) is 14.8 Å². The van der Waals surface area contributed by atoms with Crippen LogP contribution in [0.25, 0.3) is 89.7 Å². The maximum Gasteiger partial charge on any atom is 2.00 e. The van der Waals surface area contributed by atoms with Crippen LogP contribution in [0.2, 0.25) is 0 Å². The summed E-state index contributed by atoms with van der Waals surface area (Å²) >= 11 is 0. The quantitative estimate of drug-likeness (QED) is 0.123. The van der Waals surface area contributed by atoms with E-state index in [-0.39, 0.29) is 39.4 Å². The first-order valence-corrected chi connectivity index (χ1v) is 22.1. The topological polar surface area (TPSA) is 141 Å². The van der Waals surface area contributed by atoms with E-state index in [2.05, 4.69) is 117 Å². The molecule has 0 saturated carbocycles. The van der Waals surface area contributed by atoms with E-state index in [9.17, 15) is 4.79 Å². The first-order valence-electron chi connectivity index (χ1n) is 22.1. The predicted octanol–water partition coefficient (Wildman–Crippen LogP) is 12.4. The molecular formula is C54H50CuN8O3. The van der Waals surface area contributed by atoms with Crippen molar-refractivity contribution < 1.29 is 31.3 Å². The van der Waals surface area contributed by atoms with Crippen LogP contribution in [0.15, 0.2) is 97.1 Å². The van der Waals surface area contributed by atoms with Crippen LogP contribution in [-0.4, -0.2) is 42.0 Å². The van der Waals surface area contributed by atoms with Gasteiger partial charge < -0.3 is 39.4 Å². The molecule has 8 bridgehead atoms. The van der Waals surface area contributed by atoms with Crippen molar-refractivity contribution in [2.45, 2.75) is 98.5 Å². The van der Waals surface area contributed by atoms with Crippen LogP contribution in [-0.2, 0) is 38.1 Å². The Balaban J connectivity index is 0.00000548. The maximum atomic E-state index is 12.7. The van der Waals surface area contributed by atoms with Crippen LogP contribution in [0.5, 0.6) is 11.5 Å². The zero-order valence-electron chi connectivity index (χ0n) is 38.9. The molecule has 0 aliphatic carbocycles. The Bertz CT molecular complexity index is 3420. The van der Waals surface area contributed by atoms with Crippen LogP contribution < -0.4 is 14.7 Å². The summed E-state index contributed by atoms with van der Waals surface area (Å²) in [6, 6.07) is 31.7. The molecule has 66 heavy (non-hydrogen) atoms. The van der Waals surface area contributed by atoms with Crippen LogP contribution in [0, 0.1) is 0 Å². The Hall–Kier alpha value is -6.75. The Morgan fingerprint density at radius 3 is 1.52 bits per heavy atom. The van der Waals surface area contributed by atoms with Crippen molar-refractivity contribution in [3.8, 4) is 57.1 Å². The molecule has 0 N–H and O–H groups in total. The van der Waals surface area contributed by atoms with Gasteiger partial charge in [-0.3, -0.25) is 0 Å². The number of hydrogen-bond donors (Lipinski definition) is 0. The van der Waals surface area contributed by atoms with E-state index in [1.165, 1.54) is 0 Å². The van der Waals surface area contributed by atoms with E-state index in [0.717, 1.165) is 49.7 Å². The van der Waals surface area contributed by atoms with E-state index in [0.29, 0.717) is 73.7 Å². The molecule has 2 aliphatic heterocycles. The van der Waals surface area contributed by atoms with Crippen molar-refractivity contribution >= 4 is 50.1 Å². The number of esters is 1. The van der Waals surface area contributed by atoms with E-state index in [4.69, 9.17) is 49.3 Å². The summed E-state index contributed by atoms with van der Waals surface area (Å²) in [7, 11) is 0. The van der Waals surface area contributed by atoms with Crippen molar-refractivity contribution in [3.05, 3.63) is 119 Å².